The smallest absolute Gasteiger partial charge is 0.305 e. The van der Waals surface area contributed by atoms with Crippen molar-refractivity contribution in [2.75, 3.05) is 18.0 Å². The summed E-state index contributed by atoms with van der Waals surface area (Å²) in [5, 5.41) is 19.0. The summed E-state index contributed by atoms with van der Waals surface area (Å²) in [6.45, 7) is 7.69. The lowest BCUT2D eigenvalue weighted by Crippen LogP contribution is -2.27. The van der Waals surface area contributed by atoms with Crippen molar-refractivity contribution in [2.45, 2.75) is 52.4 Å². The Hall–Kier alpha value is -1.17. The Morgan fingerprint density at radius 3 is 2.58 bits per heavy atom. The number of carboxylic acid groups (broad SMARTS) is 1. The van der Waals surface area contributed by atoms with E-state index in [1.807, 2.05) is 4.90 Å². The molecule has 0 aromatic carbocycles. The number of carboxylic acids is 1. The maximum Gasteiger partial charge on any atom is 0.305 e. The second-order valence-electron chi connectivity index (χ2n) is 4.92. The minimum Gasteiger partial charge on any atom is -0.481 e. The second kappa shape index (κ2) is 8.09. The first-order valence-electron chi connectivity index (χ1n) is 6.84. The third-order valence-corrected chi connectivity index (χ3v) is 4.11. The number of anilines is 1. The molecule has 5 nitrogen and oxygen atoms in total. The van der Waals surface area contributed by atoms with E-state index in [4.69, 9.17) is 5.11 Å². The molecule has 0 unspecified atom stereocenters. The molecule has 0 atom stereocenters. The molecule has 0 bridgehead atoms. The van der Waals surface area contributed by atoms with Crippen LogP contribution in [0.15, 0.2) is 0 Å². The van der Waals surface area contributed by atoms with Crippen LogP contribution in [-0.4, -0.2) is 34.4 Å². The average molecular weight is 285 g/mol. The molecule has 0 saturated carbocycles. The van der Waals surface area contributed by atoms with Crippen LogP contribution in [0.25, 0.3) is 0 Å². The fourth-order valence-electron chi connectivity index (χ4n) is 1.67. The predicted molar refractivity (Wildman–Crippen MR) is 78.0 cm³/mol. The van der Waals surface area contributed by atoms with Gasteiger partial charge in [0.2, 0.25) is 5.13 Å². The molecule has 108 valence electrons. The fraction of sp³-hybridized carbons (Fsp3) is 0.769. The van der Waals surface area contributed by atoms with Crippen LogP contribution in [0.2, 0.25) is 0 Å². The molecule has 0 amide bonds. The van der Waals surface area contributed by atoms with E-state index in [0.717, 1.165) is 35.9 Å². The van der Waals surface area contributed by atoms with Gasteiger partial charge in [-0.05, 0) is 6.42 Å². The van der Waals surface area contributed by atoms with Crippen LogP contribution in [0.4, 0.5) is 5.13 Å². The van der Waals surface area contributed by atoms with Gasteiger partial charge >= 0.3 is 5.97 Å². The molecule has 0 aliphatic heterocycles. The first kappa shape index (κ1) is 15.9. The van der Waals surface area contributed by atoms with E-state index in [1.54, 1.807) is 11.3 Å². The third-order valence-electron chi connectivity index (χ3n) is 2.82. The van der Waals surface area contributed by atoms with Crippen LogP contribution >= 0.6 is 11.3 Å². The minimum atomic E-state index is -0.769. The van der Waals surface area contributed by atoms with Crippen molar-refractivity contribution in [1.29, 1.82) is 0 Å². The van der Waals surface area contributed by atoms with Gasteiger partial charge in [-0.1, -0.05) is 44.9 Å². The second-order valence-corrected chi connectivity index (χ2v) is 5.90. The van der Waals surface area contributed by atoms with Crippen LogP contribution in [0.5, 0.6) is 0 Å². The molecule has 0 saturated heterocycles. The van der Waals surface area contributed by atoms with Crippen molar-refractivity contribution in [1.82, 2.24) is 10.2 Å². The summed E-state index contributed by atoms with van der Waals surface area (Å²) in [6.07, 6.45) is 3.51. The van der Waals surface area contributed by atoms with Crippen molar-refractivity contribution >= 4 is 22.4 Å². The van der Waals surface area contributed by atoms with Gasteiger partial charge in [-0.15, -0.1) is 10.2 Å². The van der Waals surface area contributed by atoms with Crippen LogP contribution in [0.3, 0.4) is 0 Å². The van der Waals surface area contributed by atoms with Gasteiger partial charge in [0.05, 0.1) is 6.42 Å². The zero-order valence-electron chi connectivity index (χ0n) is 11.9. The molecule has 19 heavy (non-hydrogen) atoms. The lowest BCUT2D eigenvalue weighted by molar-refractivity contribution is -0.136. The van der Waals surface area contributed by atoms with Crippen LogP contribution in [0, 0.1) is 0 Å². The SMILES string of the molecule is CCCCCN(CCC(=O)O)c1nnc(C(C)C)s1. The zero-order valence-corrected chi connectivity index (χ0v) is 12.7. The molecule has 0 radical (unpaired) electrons. The fourth-order valence-corrected chi connectivity index (χ4v) is 2.57. The highest BCUT2D eigenvalue weighted by atomic mass is 32.1. The van der Waals surface area contributed by atoms with E-state index in [9.17, 15) is 4.79 Å². The Labute approximate surface area is 118 Å². The van der Waals surface area contributed by atoms with E-state index in [2.05, 4.69) is 31.0 Å². The van der Waals surface area contributed by atoms with Gasteiger partial charge in [0.15, 0.2) is 0 Å². The first-order chi connectivity index (χ1) is 9.04. The Kier molecular flexibility index (Phi) is 6.77. The van der Waals surface area contributed by atoms with Crippen molar-refractivity contribution in [3.05, 3.63) is 5.01 Å². The van der Waals surface area contributed by atoms with Gasteiger partial charge in [-0.3, -0.25) is 4.79 Å². The Balaban J connectivity index is 2.66. The van der Waals surface area contributed by atoms with E-state index in [1.165, 1.54) is 0 Å². The molecule has 1 aromatic heterocycles. The number of unbranched alkanes of at least 4 members (excludes halogenated alkanes) is 2. The molecule has 0 spiro atoms. The van der Waals surface area contributed by atoms with Crippen molar-refractivity contribution in [2.24, 2.45) is 0 Å². The standard InChI is InChI=1S/C13H23N3O2S/c1-4-5-6-8-16(9-7-11(17)18)13-15-14-12(19-13)10(2)3/h10H,4-9H2,1-3H3,(H,17,18). The lowest BCUT2D eigenvalue weighted by Gasteiger charge is -2.20. The lowest BCUT2D eigenvalue weighted by atomic mass is 10.2. The highest BCUT2D eigenvalue weighted by Crippen LogP contribution is 2.26. The molecule has 1 N–H and O–H groups in total. The number of hydrogen-bond donors (Lipinski definition) is 1. The third kappa shape index (κ3) is 5.55. The Morgan fingerprint density at radius 2 is 2.05 bits per heavy atom. The molecule has 0 fully saturated rings. The van der Waals surface area contributed by atoms with Gasteiger partial charge in [0.25, 0.3) is 0 Å². The summed E-state index contributed by atoms with van der Waals surface area (Å²) in [5.74, 6) is -0.405. The molecule has 0 aliphatic carbocycles. The Morgan fingerprint density at radius 1 is 1.32 bits per heavy atom. The van der Waals surface area contributed by atoms with Crippen molar-refractivity contribution < 1.29 is 9.90 Å². The molecule has 1 rings (SSSR count). The maximum atomic E-state index is 10.7. The van der Waals surface area contributed by atoms with E-state index < -0.39 is 5.97 Å². The number of hydrogen-bond acceptors (Lipinski definition) is 5. The number of aliphatic carboxylic acids is 1. The van der Waals surface area contributed by atoms with Gasteiger partial charge in [0.1, 0.15) is 5.01 Å². The number of aromatic nitrogens is 2. The van der Waals surface area contributed by atoms with Gasteiger partial charge < -0.3 is 10.0 Å². The summed E-state index contributed by atoms with van der Waals surface area (Å²) in [7, 11) is 0. The normalized spacial score (nSPS) is 10.9. The molecular weight excluding hydrogens is 262 g/mol. The average Bonchev–Trinajstić information content (AvgIpc) is 2.82. The first-order valence-corrected chi connectivity index (χ1v) is 7.66. The van der Waals surface area contributed by atoms with Crippen molar-refractivity contribution in [3.63, 3.8) is 0 Å². The molecule has 1 heterocycles. The Bertz CT molecular complexity index is 393. The zero-order chi connectivity index (χ0) is 14.3. The topological polar surface area (TPSA) is 66.3 Å². The van der Waals surface area contributed by atoms with Crippen LogP contribution < -0.4 is 4.90 Å². The number of carbonyl (C=O) groups is 1. The molecule has 0 aliphatic rings. The maximum absolute atomic E-state index is 10.7. The van der Waals surface area contributed by atoms with Gasteiger partial charge in [-0.25, -0.2) is 0 Å². The number of rotatable bonds is 9. The van der Waals surface area contributed by atoms with E-state index in [0.29, 0.717) is 12.5 Å². The molecular formula is C13H23N3O2S. The summed E-state index contributed by atoms with van der Waals surface area (Å²) < 4.78 is 0. The predicted octanol–water partition coefficient (Wildman–Crippen LogP) is 3.13. The van der Waals surface area contributed by atoms with Crippen LogP contribution in [0.1, 0.15) is 57.4 Å². The summed E-state index contributed by atoms with van der Waals surface area (Å²) >= 11 is 1.57. The monoisotopic (exact) mass is 285 g/mol. The largest absolute Gasteiger partial charge is 0.481 e. The summed E-state index contributed by atoms with van der Waals surface area (Å²) in [6, 6.07) is 0. The number of nitrogens with zero attached hydrogens (tertiary/aromatic N) is 3. The molecule has 1 aromatic rings. The van der Waals surface area contributed by atoms with E-state index in [-0.39, 0.29) is 6.42 Å². The molecule has 6 heteroatoms. The highest BCUT2D eigenvalue weighted by Gasteiger charge is 2.15. The summed E-state index contributed by atoms with van der Waals surface area (Å²) in [4.78, 5) is 12.8. The highest BCUT2D eigenvalue weighted by molar-refractivity contribution is 7.15. The summed E-state index contributed by atoms with van der Waals surface area (Å²) in [5.41, 5.74) is 0. The van der Waals surface area contributed by atoms with Crippen molar-refractivity contribution in [3.8, 4) is 0 Å². The van der Waals surface area contributed by atoms with Crippen LogP contribution in [-0.2, 0) is 4.79 Å². The minimum absolute atomic E-state index is 0.142. The van der Waals surface area contributed by atoms with Gasteiger partial charge in [0, 0.05) is 19.0 Å². The quantitative estimate of drug-likeness (QED) is 0.706. The van der Waals surface area contributed by atoms with E-state index >= 15 is 0 Å². The van der Waals surface area contributed by atoms with Gasteiger partial charge in [-0.2, -0.15) is 0 Å².